The summed E-state index contributed by atoms with van der Waals surface area (Å²) in [6.45, 7) is 0.497. The molecule has 0 saturated carbocycles. The van der Waals surface area contributed by atoms with Gasteiger partial charge in [-0.2, -0.15) is 8.42 Å². The van der Waals surface area contributed by atoms with Gasteiger partial charge in [-0.15, -0.1) is 0 Å². The zero-order chi connectivity index (χ0) is 14.6. The van der Waals surface area contributed by atoms with Crippen LogP contribution in [0.15, 0.2) is 48.5 Å². The van der Waals surface area contributed by atoms with Crippen molar-refractivity contribution in [2.75, 3.05) is 11.1 Å². The molecule has 0 amide bonds. The highest BCUT2D eigenvalue weighted by atomic mass is 32.3. The minimum atomic E-state index is -5.01. The molecule has 0 aromatic heterocycles. The molecule has 106 valence electrons. The molecule has 0 saturated heterocycles. The average Bonchev–Trinajstić information content (AvgIpc) is 2.35. The lowest BCUT2D eigenvalue weighted by Crippen LogP contribution is -2.03. The molecule has 0 heterocycles. The van der Waals surface area contributed by atoms with E-state index in [4.69, 9.17) is 5.73 Å². The van der Waals surface area contributed by atoms with E-state index in [2.05, 4.69) is 9.50 Å². The van der Waals surface area contributed by atoms with Gasteiger partial charge in [0.05, 0.1) is 0 Å². The highest BCUT2D eigenvalue weighted by molar-refractivity contribution is 7.81. The first-order chi connectivity index (χ1) is 9.42. The van der Waals surface area contributed by atoms with Gasteiger partial charge in [-0.3, -0.25) is 0 Å². The van der Waals surface area contributed by atoms with Gasteiger partial charge in [-0.1, -0.05) is 22.1 Å². The Hall–Kier alpha value is -2.28. The molecule has 0 bridgehead atoms. The van der Waals surface area contributed by atoms with Crippen LogP contribution in [0.2, 0.25) is 0 Å². The SMILES string of the molecule is Nc1cccc(CNc2cccc(OS(=O)(=O)F)c2)c1. The number of anilines is 2. The van der Waals surface area contributed by atoms with Gasteiger partial charge in [0.15, 0.2) is 0 Å². The standard InChI is InChI=1S/C13H13FN2O3S/c14-20(17,18)19-13-6-2-5-12(8-13)16-9-10-3-1-4-11(15)7-10/h1-8,16H,9,15H2. The summed E-state index contributed by atoms with van der Waals surface area (Å²) in [6.07, 6.45) is 0. The molecule has 5 nitrogen and oxygen atoms in total. The fourth-order valence-corrected chi connectivity index (χ4v) is 2.01. The fourth-order valence-electron chi connectivity index (χ4n) is 1.68. The monoisotopic (exact) mass is 296 g/mol. The second kappa shape index (κ2) is 5.79. The summed E-state index contributed by atoms with van der Waals surface area (Å²) >= 11 is 0. The Balaban J connectivity index is 2.05. The van der Waals surface area contributed by atoms with Crippen LogP contribution in [0.5, 0.6) is 5.75 Å². The minimum Gasteiger partial charge on any atom is -0.399 e. The van der Waals surface area contributed by atoms with Crippen LogP contribution in [0.4, 0.5) is 15.3 Å². The molecule has 0 spiro atoms. The van der Waals surface area contributed by atoms with E-state index >= 15 is 0 Å². The van der Waals surface area contributed by atoms with Crippen LogP contribution < -0.4 is 15.2 Å². The van der Waals surface area contributed by atoms with Crippen LogP contribution in [0, 0.1) is 0 Å². The minimum absolute atomic E-state index is 0.0925. The Bertz CT molecular complexity index is 704. The summed E-state index contributed by atoms with van der Waals surface area (Å²) in [4.78, 5) is 0. The maximum Gasteiger partial charge on any atom is 0.488 e. The summed E-state index contributed by atoms with van der Waals surface area (Å²) in [5, 5.41) is 3.06. The summed E-state index contributed by atoms with van der Waals surface area (Å²) in [7, 11) is -5.01. The molecule has 0 aliphatic carbocycles. The fraction of sp³-hybridized carbons (Fsp3) is 0.0769. The van der Waals surface area contributed by atoms with Crippen LogP contribution in [-0.2, 0) is 17.0 Å². The smallest absolute Gasteiger partial charge is 0.399 e. The first-order valence-electron chi connectivity index (χ1n) is 5.75. The number of halogens is 1. The van der Waals surface area contributed by atoms with E-state index in [0.717, 1.165) is 5.56 Å². The van der Waals surface area contributed by atoms with Gasteiger partial charge in [-0.05, 0) is 29.8 Å². The van der Waals surface area contributed by atoms with Gasteiger partial charge in [0, 0.05) is 24.0 Å². The summed E-state index contributed by atoms with van der Waals surface area (Å²) in [6, 6.07) is 13.3. The lowest BCUT2D eigenvalue weighted by molar-refractivity contribution is 0.440. The first kappa shape index (κ1) is 14.1. The number of rotatable bonds is 5. The van der Waals surface area contributed by atoms with Crippen molar-refractivity contribution < 1.29 is 16.5 Å². The Kier molecular flexibility index (Phi) is 4.09. The quantitative estimate of drug-likeness (QED) is 0.654. The Labute approximate surface area is 116 Å². The molecule has 0 fully saturated rings. The van der Waals surface area contributed by atoms with E-state index in [-0.39, 0.29) is 5.75 Å². The second-order valence-corrected chi connectivity index (χ2v) is 5.06. The molecule has 0 atom stereocenters. The van der Waals surface area contributed by atoms with Gasteiger partial charge >= 0.3 is 10.5 Å². The third-order valence-corrected chi connectivity index (χ3v) is 2.87. The van der Waals surface area contributed by atoms with E-state index < -0.39 is 10.5 Å². The van der Waals surface area contributed by atoms with Crippen molar-refractivity contribution in [3.8, 4) is 5.75 Å². The molecule has 7 heteroatoms. The van der Waals surface area contributed by atoms with E-state index in [0.29, 0.717) is 17.9 Å². The molecule has 2 rings (SSSR count). The highest BCUT2D eigenvalue weighted by Crippen LogP contribution is 2.20. The van der Waals surface area contributed by atoms with Crippen LogP contribution in [0.25, 0.3) is 0 Å². The maximum atomic E-state index is 12.4. The van der Waals surface area contributed by atoms with Gasteiger partial charge in [0.1, 0.15) is 5.75 Å². The molecule has 0 aliphatic rings. The third kappa shape index (κ3) is 4.43. The van der Waals surface area contributed by atoms with Gasteiger partial charge in [0.2, 0.25) is 0 Å². The predicted octanol–water partition coefficient (Wildman–Crippen LogP) is 2.47. The number of nitrogen functional groups attached to an aromatic ring is 1. The van der Waals surface area contributed by atoms with Crippen LogP contribution >= 0.6 is 0 Å². The van der Waals surface area contributed by atoms with Crippen molar-refractivity contribution in [1.29, 1.82) is 0 Å². The lowest BCUT2D eigenvalue weighted by Gasteiger charge is -2.08. The molecule has 2 aromatic carbocycles. The largest absolute Gasteiger partial charge is 0.488 e. The maximum absolute atomic E-state index is 12.4. The van der Waals surface area contributed by atoms with Crippen molar-refractivity contribution in [3.05, 3.63) is 54.1 Å². The van der Waals surface area contributed by atoms with Gasteiger partial charge < -0.3 is 15.2 Å². The second-order valence-electron chi connectivity index (χ2n) is 4.10. The number of nitrogens with one attached hydrogen (secondary N) is 1. The zero-order valence-corrected chi connectivity index (χ0v) is 11.2. The highest BCUT2D eigenvalue weighted by Gasteiger charge is 2.09. The predicted molar refractivity (Wildman–Crippen MR) is 75.3 cm³/mol. The molecule has 0 unspecified atom stereocenters. The van der Waals surface area contributed by atoms with Crippen molar-refractivity contribution >= 4 is 21.9 Å². The van der Waals surface area contributed by atoms with Crippen molar-refractivity contribution in [3.63, 3.8) is 0 Å². The van der Waals surface area contributed by atoms with Gasteiger partial charge in [-0.25, -0.2) is 0 Å². The third-order valence-electron chi connectivity index (χ3n) is 2.48. The normalized spacial score (nSPS) is 11.1. The number of nitrogens with two attached hydrogens (primary N) is 1. The number of hydrogen-bond donors (Lipinski definition) is 2. The molecule has 2 aromatic rings. The van der Waals surface area contributed by atoms with Gasteiger partial charge in [0.25, 0.3) is 0 Å². The molecule has 0 radical (unpaired) electrons. The number of hydrogen-bond acceptors (Lipinski definition) is 5. The van der Waals surface area contributed by atoms with E-state index in [1.165, 1.54) is 12.1 Å². The van der Waals surface area contributed by atoms with Crippen molar-refractivity contribution in [2.45, 2.75) is 6.54 Å². The van der Waals surface area contributed by atoms with Crippen LogP contribution in [0.3, 0.4) is 0 Å². The molecule has 3 N–H and O–H groups in total. The molecule has 20 heavy (non-hydrogen) atoms. The molecule has 0 aliphatic heterocycles. The summed E-state index contributed by atoms with van der Waals surface area (Å²) in [5.41, 5.74) is 7.89. The summed E-state index contributed by atoms with van der Waals surface area (Å²) < 4.78 is 37.4. The Morgan fingerprint density at radius 3 is 2.60 bits per heavy atom. The van der Waals surface area contributed by atoms with Crippen molar-refractivity contribution in [2.24, 2.45) is 0 Å². The van der Waals surface area contributed by atoms with Crippen molar-refractivity contribution in [1.82, 2.24) is 0 Å². The zero-order valence-electron chi connectivity index (χ0n) is 10.4. The molecular weight excluding hydrogens is 283 g/mol. The topological polar surface area (TPSA) is 81.4 Å². The lowest BCUT2D eigenvalue weighted by atomic mass is 10.2. The average molecular weight is 296 g/mol. The first-order valence-corrected chi connectivity index (χ1v) is 7.06. The van der Waals surface area contributed by atoms with Crippen LogP contribution in [-0.4, -0.2) is 8.42 Å². The Morgan fingerprint density at radius 2 is 1.90 bits per heavy atom. The molecular formula is C13H13FN2O3S. The Morgan fingerprint density at radius 1 is 1.15 bits per heavy atom. The van der Waals surface area contributed by atoms with E-state index in [1.807, 2.05) is 18.2 Å². The number of benzene rings is 2. The summed E-state index contributed by atoms with van der Waals surface area (Å²) in [5.74, 6) is -0.0925. The van der Waals surface area contributed by atoms with E-state index in [9.17, 15) is 12.3 Å². The van der Waals surface area contributed by atoms with Crippen LogP contribution in [0.1, 0.15) is 5.56 Å². The van der Waals surface area contributed by atoms with E-state index in [1.54, 1.807) is 18.2 Å².